The zero-order valence-corrected chi connectivity index (χ0v) is 7.73. The van der Waals surface area contributed by atoms with Crippen molar-refractivity contribution in [2.24, 2.45) is 0 Å². The van der Waals surface area contributed by atoms with Crippen LogP contribution in [0.25, 0.3) is 5.41 Å². The summed E-state index contributed by atoms with van der Waals surface area (Å²) in [6.07, 6.45) is 2.35. The van der Waals surface area contributed by atoms with E-state index in [1.807, 2.05) is 0 Å². The Morgan fingerprint density at radius 3 is 2.64 bits per heavy atom. The number of quaternary nitrogens is 1. The van der Waals surface area contributed by atoms with E-state index in [-0.39, 0.29) is 6.54 Å². The Labute approximate surface area is 81.1 Å². The lowest BCUT2D eigenvalue weighted by Crippen LogP contribution is -2.58. The zero-order valence-electron chi connectivity index (χ0n) is 7.73. The normalized spacial score (nSPS) is 10.6. The lowest BCUT2D eigenvalue weighted by atomic mass is 10.2. The van der Waals surface area contributed by atoms with Crippen LogP contribution in [0.4, 0.5) is 0 Å². The first-order valence-electron chi connectivity index (χ1n) is 3.86. The highest BCUT2D eigenvalue weighted by Gasteiger charge is 2.24. The number of amides is 1. The largest absolute Gasteiger partial charge is 0.763 e. The van der Waals surface area contributed by atoms with Crippen LogP contribution in [0, 0.1) is 11.5 Å². The van der Waals surface area contributed by atoms with Gasteiger partial charge >= 0.3 is 0 Å². The first-order chi connectivity index (χ1) is 6.58. The van der Waals surface area contributed by atoms with Gasteiger partial charge in [0.15, 0.2) is 18.5 Å². The fourth-order valence-electron chi connectivity index (χ4n) is 0.790. The second kappa shape index (κ2) is 5.65. The van der Waals surface area contributed by atoms with Gasteiger partial charge in [0.2, 0.25) is 0 Å². The molecule has 1 unspecified atom stereocenters. The van der Waals surface area contributed by atoms with E-state index in [0.29, 0.717) is 4.90 Å². The van der Waals surface area contributed by atoms with Crippen LogP contribution in [0.3, 0.4) is 0 Å². The number of carbonyl (C=O) groups is 2. The maximum atomic E-state index is 11.1. The Kier molecular flexibility index (Phi) is 4.86. The van der Waals surface area contributed by atoms with E-state index in [2.05, 4.69) is 5.73 Å². The molecule has 0 aromatic heterocycles. The first kappa shape index (κ1) is 12.0. The number of nitriles is 1. The summed E-state index contributed by atoms with van der Waals surface area (Å²) in [6, 6.07) is -0.936. The number of carbonyl (C=O) groups excluding carboxylic acids is 2. The molecule has 0 fully saturated rings. The van der Waals surface area contributed by atoms with E-state index in [1.165, 1.54) is 6.92 Å². The van der Waals surface area contributed by atoms with E-state index in [4.69, 9.17) is 10.7 Å². The van der Waals surface area contributed by atoms with Crippen molar-refractivity contribution in [2.75, 3.05) is 6.54 Å². The molecule has 0 bridgehead atoms. The minimum Gasteiger partial charge on any atom is -0.763 e. The maximum absolute atomic E-state index is 11.1. The van der Waals surface area contributed by atoms with Crippen LogP contribution in [0.2, 0.25) is 0 Å². The number of rotatable bonds is 4. The molecule has 6 nitrogen and oxygen atoms in total. The van der Waals surface area contributed by atoms with Gasteiger partial charge in [-0.2, -0.15) is 5.26 Å². The molecule has 0 aromatic rings. The molecule has 14 heavy (non-hydrogen) atoms. The molecular weight excluding hydrogens is 184 g/mol. The summed E-state index contributed by atoms with van der Waals surface area (Å²) in [5.41, 5.74) is 3.31. The third-order valence-corrected chi connectivity index (χ3v) is 1.60. The van der Waals surface area contributed by atoms with Gasteiger partial charge in [-0.15, -0.1) is 0 Å². The van der Waals surface area contributed by atoms with Crippen LogP contribution in [0.1, 0.15) is 6.92 Å². The topological polar surface area (TPSA) is 111 Å². The Bertz CT molecular complexity index is 325. The van der Waals surface area contributed by atoms with E-state index in [1.54, 1.807) is 12.1 Å². The molecular formula is C8H10N4O2. The van der Waals surface area contributed by atoms with Crippen molar-refractivity contribution in [3.63, 3.8) is 0 Å². The van der Waals surface area contributed by atoms with Gasteiger partial charge in [0.05, 0.1) is 0 Å². The minimum atomic E-state index is -0.936. The summed E-state index contributed by atoms with van der Waals surface area (Å²) >= 11 is 0. The monoisotopic (exact) mass is 194 g/mol. The van der Waals surface area contributed by atoms with Crippen LogP contribution >= 0.6 is 0 Å². The summed E-state index contributed by atoms with van der Waals surface area (Å²) in [7, 11) is 0. The summed E-state index contributed by atoms with van der Waals surface area (Å²) in [5, 5.41) is 16.8. The lowest BCUT2D eigenvalue weighted by molar-refractivity contribution is -0.356. The van der Waals surface area contributed by atoms with E-state index < -0.39 is 17.7 Å². The van der Waals surface area contributed by atoms with Crippen molar-refractivity contribution < 1.29 is 15.3 Å². The number of hydrogen-bond acceptors (Lipinski definition) is 3. The van der Waals surface area contributed by atoms with E-state index in [0.717, 1.165) is 6.08 Å². The van der Waals surface area contributed by atoms with Crippen LogP contribution < -0.4 is 5.73 Å². The molecule has 0 aromatic carbocycles. The molecule has 6 heteroatoms. The standard InChI is InChI=1S/C8H9N4O2/c1-6(7(13)2-3-9)12(5-11)8(14)4-10/h2,6H,4,10H2,1H3/q-1/p+1. The molecule has 1 atom stereocenters. The second-order valence-corrected chi connectivity index (χ2v) is 2.47. The van der Waals surface area contributed by atoms with Gasteiger partial charge in [0.25, 0.3) is 5.91 Å². The molecule has 0 spiro atoms. The Morgan fingerprint density at radius 1 is 1.71 bits per heavy atom. The molecule has 1 amide bonds. The highest BCUT2D eigenvalue weighted by molar-refractivity contribution is 6.02. The van der Waals surface area contributed by atoms with Gasteiger partial charge in [-0.1, -0.05) is 0 Å². The molecule has 3 N–H and O–H groups in total. The van der Waals surface area contributed by atoms with Crippen molar-refractivity contribution in [3.05, 3.63) is 11.5 Å². The highest BCUT2D eigenvalue weighted by Crippen LogP contribution is 1.99. The van der Waals surface area contributed by atoms with Crippen LogP contribution in [-0.4, -0.2) is 35.0 Å². The minimum absolute atomic E-state index is 0.0995. The Hall–Kier alpha value is -1.96. The Morgan fingerprint density at radius 2 is 2.29 bits per heavy atom. The van der Waals surface area contributed by atoms with Crippen molar-refractivity contribution in [1.82, 2.24) is 4.90 Å². The summed E-state index contributed by atoms with van der Waals surface area (Å²) in [4.78, 5) is 22.9. The highest BCUT2D eigenvalue weighted by atomic mass is 16.2. The van der Waals surface area contributed by atoms with Crippen LogP contribution in [-0.2, 0) is 9.59 Å². The predicted octanol–water partition coefficient (Wildman–Crippen LogP) is -1.71. The summed E-state index contributed by atoms with van der Waals surface area (Å²) < 4.78 is 0. The molecule has 0 aliphatic carbocycles. The smallest absolute Gasteiger partial charge is 0.291 e. The van der Waals surface area contributed by atoms with Crippen LogP contribution in [0.5, 0.6) is 0 Å². The summed E-state index contributed by atoms with van der Waals surface area (Å²) in [6.45, 7) is 1.28. The van der Waals surface area contributed by atoms with Gasteiger partial charge in [0, 0.05) is 6.08 Å². The van der Waals surface area contributed by atoms with Crippen molar-refractivity contribution in [1.29, 1.82) is 5.26 Å². The first-order valence-corrected chi connectivity index (χ1v) is 3.86. The van der Waals surface area contributed by atoms with Crippen molar-refractivity contribution >= 4 is 17.6 Å². The summed E-state index contributed by atoms with van der Waals surface area (Å²) in [5.74, 6) is 0.431. The fraction of sp³-hybridized carbons (Fsp3) is 0.375. The third-order valence-electron chi connectivity index (χ3n) is 1.60. The van der Waals surface area contributed by atoms with Gasteiger partial charge in [0.1, 0.15) is 6.04 Å². The lowest BCUT2D eigenvalue weighted by Gasteiger charge is -2.17. The number of hydrogen-bond donors (Lipinski definition) is 1. The third kappa shape index (κ3) is 2.83. The Balaban J connectivity index is 4.72. The molecule has 0 aliphatic rings. The molecule has 0 heterocycles. The van der Waals surface area contributed by atoms with Crippen molar-refractivity contribution in [3.8, 4) is 6.19 Å². The van der Waals surface area contributed by atoms with E-state index >= 15 is 0 Å². The zero-order chi connectivity index (χ0) is 11.1. The molecule has 0 saturated heterocycles. The SMILES string of the molecule is CC(C(=O)C=C=[N-])N(C#N)C(=O)C[NH3+]. The number of ketones is 1. The molecule has 0 aliphatic heterocycles. The maximum Gasteiger partial charge on any atom is 0.291 e. The van der Waals surface area contributed by atoms with Gasteiger partial charge in [-0.25, -0.2) is 4.90 Å². The molecule has 0 rings (SSSR count). The van der Waals surface area contributed by atoms with Gasteiger partial charge in [-0.3, -0.25) is 15.5 Å². The second-order valence-electron chi connectivity index (χ2n) is 2.47. The van der Waals surface area contributed by atoms with Gasteiger partial charge < -0.3 is 11.1 Å². The van der Waals surface area contributed by atoms with E-state index in [9.17, 15) is 9.59 Å². The fourth-order valence-corrected chi connectivity index (χ4v) is 0.790. The van der Waals surface area contributed by atoms with Gasteiger partial charge in [-0.05, 0) is 6.92 Å². The number of nitrogens with zero attached hydrogens (tertiary/aromatic N) is 3. The molecule has 0 radical (unpaired) electrons. The molecule has 0 saturated carbocycles. The van der Waals surface area contributed by atoms with Crippen LogP contribution in [0.15, 0.2) is 6.08 Å². The average molecular weight is 194 g/mol. The molecule has 74 valence electrons. The predicted molar refractivity (Wildman–Crippen MR) is 47.6 cm³/mol. The quantitative estimate of drug-likeness (QED) is 0.249. The van der Waals surface area contributed by atoms with Crippen molar-refractivity contribution in [2.45, 2.75) is 13.0 Å². The average Bonchev–Trinajstić information content (AvgIpc) is 2.18.